The molecule has 1 unspecified atom stereocenters. The minimum absolute atomic E-state index is 0.00966. The first-order valence-electron chi connectivity index (χ1n) is 8.94. The Balaban J connectivity index is 1.59. The molecule has 3 aromatic rings. The highest BCUT2D eigenvalue weighted by atomic mass is 16.7. The Bertz CT molecular complexity index is 1090. The Morgan fingerprint density at radius 3 is 2.67 bits per heavy atom. The number of nitrogens with zero attached hydrogens (tertiary/aromatic N) is 2. The van der Waals surface area contributed by atoms with Crippen LogP contribution in [0.3, 0.4) is 0 Å². The largest absolute Gasteiger partial charge is 0.454 e. The molecule has 27 heavy (non-hydrogen) atoms. The summed E-state index contributed by atoms with van der Waals surface area (Å²) in [5, 5.41) is 8.52. The SMILES string of the molecule is CC(=O)N1CC(c2ccc3c(c2)OCO3)C(c2ccc3ccccc3c2)=N1. The number of rotatable bonds is 2. The molecule has 0 aliphatic carbocycles. The normalized spacial score (nSPS) is 18.0. The summed E-state index contributed by atoms with van der Waals surface area (Å²) < 4.78 is 10.9. The molecule has 5 rings (SSSR count). The molecular formula is C22H18N2O3. The minimum atomic E-state index is -0.0588. The summed E-state index contributed by atoms with van der Waals surface area (Å²) in [6.45, 7) is 2.31. The van der Waals surface area contributed by atoms with Crippen LogP contribution in [0.25, 0.3) is 10.8 Å². The first-order valence-corrected chi connectivity index (χ1v) is 8.94. The third-order valence-electron chi connectivity index (χ3n) is 5.12. The topological polar surface area (TPSA) is 51.1 Å². The van der Waals surface area contributed by atoms with Crippen molar-refractivity contribution in [3.05, 3.63) is 71.8 Å². The van der Waals surface area contributed by atoms with Gasteiger partial charge in [0.05, 0.1) is 12.3 Å². The van der Waals surface area contributed by atoms with E-state index >= 15 is 0 Å². The zero-order valence-corrected chi connectivity index (χ0v) is 14.9. The van der Waals surface area contributed by atoms with Crippen molar-refractivity contribution < 1.29 is 14.3 Å². The third kappa shape index (κ3) is 2.72. The van der Waals surface area contributed by atoms with Crippen LogP contribution in [0, 0.1) is 0 Å². The molecule has 5 heteroatoms. The zero-order valence-electron chi connectivity index (χ0n) is 14.9. The predicted octanol–water partition coefficient (Wildman–Crippen LogP) is 3.92. The maximum absolute atomic E-state index is 12.0. The summed E-state index contributed by atoms with van der Waals surface area (Å²) >= 11 is 0. The summed E-state index contributed by atoms with van der Waals surface area (Å²) in [6.07, 6.45) is 0. The molecule has 1 amide bonds. The second-order valence-electron chi connectivity index (χ2n) is 6.81. The number of carbonyl (C=O) groups excluding carboxylic acids is 1. The number of hydrogen-bond donors (Lipinski definition) is 0. The van der Waals surface area contributed by atoms with Crippen molar-refractivity contribution in [2.75, 3.05) is 13.3 Å². The maximum Gasteiger partial charge on any atom is 0.239 e. The van der Waals surface area contributed by atoms with E-state index in [0.717, 1.165) is 33.7 Å². The van der Waals surface area contributed by atoms with Crippen molar-refractivity contribution in [2.45, 2.75) is 12.8 Å². The average molecular weight is 358 g/mol. The minimum Gasteiger partial charge on any atom is -0.454 e. The van der Waals surface area contributed by atoms with Crippen LogP contribution < -0.4 is 9.47 Å². The lowest BCUT2D eigenvalue weighted by Gasteiger charge is -2.15. The Labute approximate surface area is 156 Å². The fourth-order valence-corrected chi connectivity index (χ4v) is 3.70. The van der Waals surface area contributed by atoms with Gasteiger partial charge in [0.2, 0.25) is 12.7 Å². The molecule has 0 spiro atoms. The molecule has 2 aliphatic rings. The van der Waals surface area contributed by atoms with Crippen LogP contribution in [0.2, 0.25) is 0 Å². The number of carbonyl (C=O) groups is 1. The molecular weight excluding hydrogens is 340 g/mol. The number of ether oxygens (including phenoxy) is 2. The molecule has 0 radical (unpaired) electrons. The molecule has 0 aromatic heterocycles. The highest BCUT2D eigenvalue weighted by molar-refractivity contribution is 6.09. The van der Waals surface area contributed by atoms with Crippen LogP contribution in [0.1, 0.15) is 24.0 Å². The van der Waals surface area contributed by atoms with Crippen LogP contribution in [0.5, 0.6) is 11.5 Å². The molecule has 2 aliphatic heterocycles. The number of fused-ring (bicyclic) bond motifs is 2. The van der Waals surface area contributed by atoms with Gasteiger partial charge >= 0.3 is 0 Å². The van der Waals surface area contributed by atoms with Crippen molar-refractivity contribution in [2.24, 2.45) is 5.10 Å². The third-order valence-corrected chi connectivity index (χ3v) is 5.12. The highest BCUT2D eigenvalue weighted by Gasteiger charge is 2.32. The van der Waals surface area contributed by atoms with Crippen molar-refractivity contribution >= 4 is 22.4 Å². The number of hydrogen-bond acceptors (Lipinski definition) is 4. The van der Waals surface area contributed by atoms with E-state index in [-0.39, 0.29) is 18.6 Å². The predicted molar refractivity (Wildman–Crippen MR) is 103 cm³/mol. The standard InChI is InChI=1S/C22H18N2O3/c1-14(25)24-12-19(17-8-9-20-21(11-17)27-13-26-20)22(23-24)18-7-6-15-4-2-3-5-16(15)10-18/h2-11,19H,12-13H2,1H3. The van der Waals surface area contributed by atoms with Gasteiger partial charge in [-0.05, 0) is 40.1 Å². The first kappa shape index (κ1) is 15.9. The fraction of sp³-hybridized carbons (Fsp3) is 0.182. The Kier molecular flexibility index (Phi) is 3.60. The molecule has 2 heterocycles. The van der Waals surface area contributed by atoms with Gasteiger partial charge < -0.3 is 9.47 Å². The van der Waals surface area contributed by atoms with Crippen molar-refractivity contribution in [3.8, 4) is 11.5 Å². The van der Waals surface area contributed by atoms with E-state index in [1.165, 1.54) is 5.39 Å². The number of benzene rings is 3. The molecule has 0 saturated carbocycles. The van der Waals surface area contributed by atoms with Gasteiger partial charge in [-0.3, -0.25) is 4.79 Å². The molecule has 5 nitrogen and oxygen atoms in total. The number of hydrazone groups is 1. The van der Waals surface area contributed by atoms with E-state index in [9.17, 15) is 4.79 Å². The lowest BCUT2D eigenvalue weighted by atomic mass is 9.89. The van der Waals surface area contributed by atoms with Crippen LogP contribution in [-0.2, 0) is 4.79 Å². The monoisotopic (exact) mass is 358 g/mol. The summed E-state index contributed by atoms with van der Waals surface area (Å²) in [4.78, 5) is 12.0. The van der Waals surface area contributed by atoms with E-state index in [1.54, 1.807) is 11.9 Å². The van der Waals surface area contributed by atoms with Gasteiger partial charge in [0, 0.05) is 12.8 Å². The van der Waals surface area contributed by atoms with Gasteiger partial charge in [-0.15, -0.1) is 0 Å². The van der Waals surface area contributed by atoms with E-state index in [2.05, 4.69) is 35.4 Å². The average Bonchev–Trinajstić information content (AvgIpc) is 3.34. The summed E-state index contributed by atoms with van der Waals surface area (Å²) in [5.41, 5.74) is 2.99. The van der Waals surface area contributed by atoms with Gasteiger partial charge in [-0.1, -0.05) is 42.5 Å². The van der Waals surface area contributed by atoms with E-state index in [4.69, 9.17) is 9.47 Å². The molecule has 0 N–H and O–H groups in total. The lowest BCUT2D eigenvalue weighted by molar-refractivity contribution is -0.128. The van der Waals surface area contributed by atoms with Crippen LogP contribution >= 0.6 is 0 Å². The first-order chi connectivity index (χ1) is 13.2. The zero-order chi connectivity index (χ0) is 18.4. The lowest BCUT2D eigenvalue weighted by Crippen LogP contribution is -2.23. The van der Waals surface area contributed by atoms with E-state index < -0.39 is 0 Å². The second-order valence-corrected chi connectivity index (χ2v) is 6.81. The highest BCUT2D eigenvalue weighted by Crippen LogP contribution is 2.37. The Morgan fingerprint density at radius 2 is 1.81 bits per heavy atom. The van der Waals surface area contributed by atoms with Crippen molar-refractivity contribution in [3.63, 3.8) is 0 Å². The summed E-state index contributed by atoms with van der Waals surface area (Å²) in [5.74, 6) is 1.43. The summed E-state index contributed by atoms with van der Waals surface area (Å²) in [7, 11) is 0. The quantitative estimate of drug-likeness (QED) is 0.698. The Morgan fingerprint density at radius 1 is 1.00 bits per heavy atom. The van der Waals surface area contributed by atoms with E-state index in [1.807, 2.05) is 30.3 Å². The molecule has 0 bridgehead atoms. The molecule has 134 valence electrons. The summed E-state index contributed by atoms with van der Waals surface area (Å²) in [6, 6.07) is 20.5. The van der Waals surface area contributed by atoms with E-state index in [0.29, 0.717) is 6.54 Å². The van der Waals surface area contributed by atoms with Gasteiger partial charge in [0.1, 0.15) is 0 Å². The molecule has 0 fully saturated rings. The van der Waals surface area contributed by atoms with Crippen LogP contribution in [-0.4, -0.2) is 30.0 Å². The van der Waals surface area contributed by atoms with Crippen LogP contribution in [0.4, 0.5) is 0 Å². The smallest absolute Gasteiger partial charge is 0.239 e. The molecule has 3 aromatic carbocycles. The van der Waals surface area contributed by atoms with Gasteiger partial charge in [0.25, 0.3) is 0 Å². The number of amides is 1. The maximum atomic E-state index is 12.0. The van der Waals surface area contributed by atoms with Crippen molar-refractivity contribution in [1.82, 2.24) is 5.01 Å². The Hall–Kier alpha value is -3.34. The van der Waals surface area contributed by atoms with Gasteiger partial charge in [0.15, 0.2) is 11.5 Å². The molecule has 1 atom stereocenters. The van der Waals surface area contributed by atoms with Crippen LogP contribution in [0.15, 0.2) is 65.8 Å². The second kappa shape index (κ2) is 6.13. The van der Waals surface area contributed by atoms with Gasteiger partial charge in [-0.25, -0.2) is 5.01 Å². The molecule has 0 saturated heterocycles. The van der Waals surface area contributed by atoms with Crippen molar-refractivity contribution in [1.29, 1.82) is 0 Å². The fourth-order valence-electron chi connectivity index (χ4n) is 3.70. The van der Waals surface area contributed by atoms with Gasteiger partial charge in [-0.2, -0.15) is 5.10 Å².